The Hall–Kier alpha value is -0.490. The van der Waals surface area contributed by atoms with Crippen molar-refractivity contribution < 1.29 is 23.1 Å². The number of hydrogen-bond donors (Lipinski definition) is 2. The highest BCUT2D eigenvalue weighted by atomic mass is 35.5. The minimum atomic E-state index is -4.15. The lowest BCUT2D eigenvalue weighted by molar-refractivity contribution is -0.184. The maximum atomic E-state index is 12.3. The van der Waals surface area contributed by atoms with Gasteiger partial charge in [-0.15, -0.1) is 12.4 Å². The Morgan fingerprint density at radius 2 is 1.69 bits per heavy atom. The number of halogens is 4. The minimum absolute atomic E-state index is 0. The molecule has 1 fully saturated rings. The summed E-state index contributed by atoms with van der Waals surface area (Å²) in [6, 6.07) is -1.03. The van der Waals surface area contributed by atoms with Crippen molar-refractivity contribution in [3.8, 4) is 0 Å². The second-order valence-electron chi connectivity index (χ2n) is 4.02. The summed E-state index contributed by atoms with van der Waals surface area (Å²) >= 11 is 0. The van der Waals surface area contributed by atoms with Crippen LogP contribution in [0.2, 0.25) is 0 Å². The first-order chi connectivity index (χ1) is 6.82. The van der Waals surface area contributed by atoms with E-state index < -0.39 is 24.1 Å². The van der Waals surface area contributed by atoms with E-state index >= 15 is 0 Å². The summed E-state index contributed by atoms with van der Waals surface area (Å²) < 4.78 is 36.8. The highest BCUT2D eigenvalue weighted by molar-refractivity contribution is 5.85. The molecule has 0 saturated heterocycles. The third-order valence-electron chi connectivity index (χ3n) is 3.03. The lowest BCUT2D eigenvalue weighted by Crippen LogP contribution is -2.41. The molecule has 0 aromatic rings. The average molecular weight is 262 g/mol. The van der Waals surface area contributed by atoms with Gasteiger partial charge in [0.15, 0.2) is 0 Å². The van der Waals surface area contributed by atoms with Gasteiger partial charge in [-0.05, 0) is 31.6 Å². The monoisotopic (exact) mass is 261 g/mol. The zero-order valence-electron chi connectivity index (χ0n) is 8.54. The molecule has 0 aliphatic heterocycles. The van der Waals surface area contributed by atoms with Crippen molar-refractivity contribution in [3.63, 3.8) is 0 Å². The number of nitrogens with two attached hydrogens (primary N) is 1. The van der Waals surface area contributed by atoms with Gasteiger partial charge in [0, 0.05) is 0 Å². The number of rotatable bonds is 2. The summed E-state index contributed by atoms with van der Waals surface area (Å²) in [6.07, 6.45) is -3.67. The van der Waals surface area contributed by atoms with Crippen LogP contribution in [0.4, 0.5) is 13.2 Å². The van der Waals surface area contributed by atoms with Crippen LogP contribution in [0.5, 0.6) is 0 Å². The zero-order valence-corrected chi connectivity index (χ0v) is 9.35. The molecule has 0 spiro atoms. The van der Waals surface area contributed by atoms with Gasteiger partial charge >= 0.3 is 12.1 Å². The Morgan fingerprint density at radius 1 is 1.25 bits per heavy atom. The molecular formula is C9H15ClF3NO2. The Morgan fingerprint density at radius 3 is 2.00 bits per heavy atom. The second kappa shape index (κ2) is 5.72. The predicted octanol–water partition coefficient (Wildman–Crippen LogP) is 2.19. The van der Waals surface area contributed by atoms with Crippen LogP contribution in [0, 0.1) is 11.8 Å². The van der Waals surface area contributed by atoms with Gasteiger partial charge in [-0.1, -0.05) is 0 Å². The molecule has 0 bridgehead atoms. The summed E-state index contributed by atoms with van der Waals surface area (Å²) in [5.74, 6) is -2.73. The average Bonchev–Trinajstić information content (AvgIpc) is 2.15. The molecule has 0 aromatic heterocycles. The Labute approximate surface area is 97.6 Å². The molecule has 1 saturated carbocycles. The molecule has 1 aliphatic carbocycles. The first-order valence-corrected chi connectivity index (χ1v) is 4.87. The summed E-state index contributed by atoms with van der Waals surface area (Å²) in [5, 5.41) is 8.61. The third kappa shape index (κ3) is 3.83. The van der Waals surface area contributed by atoms with Gasteiger partial charge < -0.3 is 10.8 Å². The van der Waals surface area contributed by atoms with E-state index in [4.69, 9.17) is 10.8 Å². The van der Waals surface area contributed by atoms with Gasteiger partial charge in [-0.2, -0.15) is 13.2 Å². The van der Waals surface area contributed by atoms with Crippen molar-refractivity contribution in [2.75, 3.05) is 0 Å². The Kier molecular flexibility index (Phi) is 5.55. The SMILES string of the molecule is Cl.N[C@H](C(=O)O)[C@H]1CC[C@H](C(F)(F)F)CC1. The minimum Gasteiger partial charge on any atom is -0.480 e. The number of carboxylic acids is 1. The lowest BCUT2D eigenvalue weighted by atomic mass is 9.78. The van der Waals surface area contributed by atoms with Gasteiger partial charge in [0.2, 0.25) is 0 Å². The fraction of sp³-hybridized carbons (Fsp3) is 0.889. The molecule has 3 nitrogen and oxygen atoms in total. The van der Waals surface area contributed by atoms with Crippen LogP contribution in [0.3, 0.4) is 0 Å². The molecule has 16 heavy (non-hydrogen) atoms. The van der Waals surface area contributed by atoms with E-state index in [0.29, 0.717) is 0 Å². The van der Waals surface area contributed by atoms with Crippen molar-refractivity contribution in [2.45, 2.75) is 37.9 Å². The summed E-state index contributed by atoms with van der Waals surface area (Å²) in [4.78, 5) is 10.5. The van der Waals surface area contributed by atoms with Crippen LogP contribution < -0.4 is 5.73 Å². The summed E-state index contributed by atoms with van der Waals surface area (Å²) in [6.45, 7) is 0. The van der Waals surface area contributed by atoms with Gasteiger partial charge in [0.05, 0.1) is 5.92 Å². The predicted molar refractivity (Wildman–Crippen MR) is 54.4 cm³/mol. The van der Waals surface area contributed by atoms with Crippen molar-refractivity contribution in [2.24, 2.45) is 17.6 Å². The molecule has 7 heteroatoms. The number of carboxylic acid groups (broad SMARTS) is 1. The van der Waals surface area contributed by atoms with Crippen molar-refractivity contribution in [1.29, 1.82) is 0 Å². The van der Waals surface area contributed by atoms with Gasteiger partial charge in [-0.25, -0.2) is 0 Å². The van der Waals surface area contributed by atoms with Crippen LogP contribution in [0.1, 0.15) is 25.7 Å². The van der Waals surface area contributed by atoms with E-state index in [0.717, 1.165) is 0 Å². The van der Waals surface area contributed by atoms with Crippen LogP contribution in [0.25, 0.3) is 0 Å². The second-order valence-corrected chi connectivity index (χ2v) is 4.02. The lowest BCUT2D eigenvalue weighted by Gasteiger charge is -2.31. The van der Waals surface area contributed by atoms with Gasteiger partial charge in [0.1, 0.15) is 6.04 Å². The first kappa shape index (κ1) is 15.5. The van der Waals surface area contributed by atoms with E-state index in [-0.39, 0.29) is 44.0 Å². The number of carbonyl (C=O) groups is 1. The quantitative estimate of drug-likeness (QED) is 0.801. The molecule has 0 amide bonds. The van der Waals surface area contributed by atoms with Crippen molar-refractivity contribution in [1.82, 2.24) is 0 Å². The normalized spacial score (nSPS) is 28.0. The Bertz CT molecular complexity index is 239. The maximum absolute atomic E-state index is 12.3. The van der Waals surface area contributed by atoms with Gasteiger partial charge in [0.25, 0.3) is 0 Å². The molecule has 0 unspecified atom stereocenters. The smallest absolute Gasteiger partial charge is 0.391 e. The zero-order chi connectivity index (χ0) is 11.6. The first-order valence-electron chi connectivity index (χ1n) is 4.87. The maximum Gasteiger partial charge on any atom is 0.391 e. The molecule has 3 N–H and O–H groups in total. The summed E-state index contributed by atoms with van der Waals surface area (Å²) in [5.41, 5.74) is 5.36. The highest BCUT2D eigenvalue weighted by Gasteiger charge is 2.42. The largest absolute Gasteiger partial charge is 0.480 e. The van der Waals surface area contributed by atoms with Crippen LogP contribution in [-0.4, -0.2) is 23.3 Å². The fourth-order valence-electron chi connectivity index (χ4n) is 2.01. The van der Waals surface area contributed by atoms with E-state index in [9.17, 15) is 18.0 Å². The molecule has 1 atom stereocenters. The van der Waals surface area contributed by atoms with E-state index in [1.54, 1.807) is 0 Å². The molecule has 1 rings (SSSR count). The van der Waals surface area contributed by atoms with Crippen LogP contribution >= 0.6 is 12.4 Å². The molecular weight excluding hydrogens is 247 g/mol. The fourth-order valence-corrected chi connectivity index (χ4v) is 2.01. The molecule has 0 aromatic carbocycles. The number of hydrogen-bond acceptors (Lipinski definition) is 2. The van der Waals surface area contributed by atoms with Gasteiger partial charge in [-0.3, -0.25) is 4.79 Å². The van der Waals surface area contributed by atoms with E-state index in [2.05, 4.69) is 0 Å². The summed E-state index contributed by atoms with van der Waals surface area (Å²) in [7, 11) is 0. The van der Waals surface area contributed by atoms with Crippen LogP contribution in [-0.2, 0) is 4.79 Å². The highest BCUT2D eigenvalue weighted by Crippen LogP contribution is 2.40. The van der Waals surface area contributed by atoms with Crippen LogP contribution in [0.15, 0.2) is 0 Å². The molecule has 0 heterocycles. The molecule has 96 valence electrons. The third-order valence-corrected chi connectivity index (χ3v) is 3.03. The van der Waals surface area contributed by atoms with E-state index in [1.807, 2.05) is 0 Å². The van der Waals surface area contributed by atoms with Crippen molar-refractivity contribution >= 4 is 18.4 Å². The molecule has 1 aliphatic rings. The standard InChI is InChI=1S/C9H14F3NO2.ClH/c10-9(11,12)6-3-1-5(2-4-6)7(13)8(14)15;/h5-7H,1-4,13H2,(H,14,15);1H/t5-,6-,7-;/m0./s1. The van der Waals surface area contributed by atoms with E-state index in [1.165, 1.54) is 0 Å². The Balaban J connectivity index is 0.00000225. The molecule has 0 radical (unpaired) electrons. The number of alkyl halides is 3. The topological polar surface area (TPSA) is 63.3 Å². The van der Waals surface area contributed by atoms with Crippen molar-refractivity contribution in [3.05, 3.63) is 0 Å². The number of aliphatic carboxylic acids is 1.